The van der Waals surface area contributed by atoms with Gasteiger partial charge in [-0.25, -0.2) is 14.7 Å². The number of carbonyl (C=O) groups excluding carboxylic acids is 1. The van der Waals surface area contributed by atoms with Crippen LogP contribution >= 0.6 is 11.3 Å². The number of rotatable bonds is 6. The number of nitrogen functional groups attached to an aromatic ring is 1. The molecule has 1 unspecified atom stereocenters. The molecule has 1 atom stereocenters. The second kappa shape index (κ2) is 11.5. The number of nitrogens with one attached hydrogen (secondary N) is 1. The third-order valence-corrected chi connectivity index (χ3v) is 7.27. The van der Waals surface area contributed by atoms with Gasteiger partial charge in [0.2, 0.25) is 0 Å². The lowest BCUT2D eigenvalue weighted by atomic mass is 10.0. The van der Waals surface area contributed by atoms with Crippen LogP contribution in [0.5, 0.6) is 0 Å². The number of pyridine rings is 1. The van der Waals surface area contributed by atoms with Gasteiger partial charge in [0.1, 0.15) is 11.3 Å². The minimum Gasteiger partial charge on any atom is -0.381 e. The SMILES string of the molecule is C=C/C=N\c1c(C(=O)NC(C)c2cc3cccc(C#Cc4ncsc4C)c3c(=O)n2-c2ccccc2)c(N)nn1C. The van der Waals surface area contributed by atoms with Crippen molar-refractivity contribution >= 4 is 45.9 Å². The third kappa shape index (κ3) is 5.31. The number of thiazole rings is 1. The Bertz CT molecular complexity index is 1940. The molecule has 0 aliphatic heterocycles. The standard InChI is InChI=1S/C31H27N7O2S/c1-5-16-33-29-27(28(32)36-37(29)4)30(39)35-19(2)25-17-22-11-9-10-21(14-15-24-20(3)41-18-34-24)26(22)31(40)38(25)23-12-7-6-8-13-23/h5-13,16-19H,1H2,2-4H3,(H2,32,36)(H,35,39)/b33-16-. The molecular formula is C31H27N7O2S. The molecule has 0 saturated heterocycles. The van der Waals surface area contributed by atoms with Crippen molar-refractivity contribution in [3.8, 4) is 17.5 Å². The zero-order valence-electron chi connectivity index (χ0n) is 22.8. The molecule has 0 spiro atoms. The molecule has 0 aliphatic rings. The zero-order valence-corrected chi connectivity index (χ0v) is 23.6. The van der Waals surface area contributed by atoms with Crippen LogP contribution in [0.25, 0.3) is 16.5 Å². The topological polar surface area (TPSA) is 120 Å². The highest BCUT2D eigenvalue weighted by atomic mass is 32.1. The van der Waals surface area contributed by atoms with Gasteiger partial charge in [-0.05, 0) is 49.4 Å². The lowest BCUT2D eigenvalue weighted by molar-refractivity contribution is 0.0940. The van der Waals surface area contributed by atoms with Crippen LogP contribution in [0.2, 0.25) is 0 Å². The minimum atomic E-state index is -0.594. The van der Waals surface area contributed by atoms with E-state index in [9.17, 15) is 9.59 Å². The number of aliphatic imine (C=N–C) groups is 1. The van der Waals surface area contributed by atoms with E-state index in [-0.39, 0.29) is 16.9 Å². The number of hydrogen-bond acceptors (Lipinski definition) is 7. The van der Waals surface area contributed by atoms with Crippen molar-refractivity contribution in [2.24, 2.45) is 12.0 Å². The molecule has 0 bridgehead atoms. The van der Waals surface area contributed by atoms with Gasteiger partial charge < -0.3 is 11.1 Å². The van der Waals surface area contributed by atoms with Crippen molar-refractivity contribution in [3.63, 3.8) is 0 Å². The maximum Gasteiger partial charge on any atom is 0.264 e. The normalized spacial score (nSPS) is 11.8. The van der Waals surface area contributed by atoms with E-state index in [1.807, 2.05) is 68.4 Å². The monoisotopic (exact) mass is 561 g/mol. The molecule has 5 rings (SSSR count). The Morgan fingerprint density at radius 3 is 2.68 bits per heavy atom. The van der Waals surface area contributed by atoms with Gasteiger partial charge in [-0.3, -0.25) is 14.2 Å². The maximum atomic E-state index is 14.2. The van der Waals surface area contributed by atoms with Crippen LogP contribution < -0.4 is 16.6 Å². The Labute approximate surface area is 240 Å². The Morgan fingerprint density at radius 2 is 1.98 bits per heavy atom. The summed E-state index contributed by atoms with van der Waals surface area (Å²) in [7, 11) is 1.65. The molecular weight excluding hydrogens is 534 g/mol. The molecule has 3 N–H and O–H groups in total. The van der Waals surface area contributed by atoms with E-state index in [4.69, 9.17) is 5.73 Å². The van der Waals surface area contributed by atoms with Crippen molar-refractivity contribution in [1.29, 1.82) is 0 Å². The summed E-state index contributed by atoms with van der Waals surface area (Å²) in [4.78, 5) is 37.2. The molecule has 3 aromatic heterocycles. The van der Waals surface area contributed by atoms with Crippen LogP contribution in [0, 0.1) is 18.8 Å². The molecule has 9 nitrogen and oxygen atoms in total. The predicted octanol–water partition coefficient (Wildman–Crippen LogP) is 4.85. The average Bonchev–Trinajstić information content (AvgIpc) is 3.50. The first-order chi connectivity index (χ1) is 19.8. The summed E-state index contributed by atoms with van der Waals surface area (Å²) < 4.78 is 3.04. The third-order valence-electron chi connectivity index (χ3n) is 6.51. The Hall–Kier alpha value is -5.27. The first kappa shape index (κ1) is 27.3. The van der Waals surface area contributed by atoms with Gasteiger partial charge in [-0.2, -0.15) is 5.10 Å². The lowest BCUT2D eigenvalue weighted by Crippen LogP contribution is -2.32. The van der Waals surface area contributed by atoms with E-state index in [1.165, 1.54) is 28.3 Å². The van der Waals surface area contributed by atoms with E-state index in [0.29, 0.717) is 39.2 Å². The van der Waals surface area contributed by atoms with E-state index < -0.39 is 11.9 Å². The van der Waals surface area contributed by atoms with Crippen LogP contribution in [-0.4, -0.2) is 31.5 Å². The first-order valence-electron chi connectivity index (χ1n) is 12.7. The number of anilines is 1. The predicted molar refractivity (Wildman–Crippen MR) is 164 cm³/mol. The number of fused-ring (bicyclic) bond motifs is 1. The number of benzene rings is 2. The van der Waals surface area contributed by atoms with Crippen LogP contribution in [0.15, 0.2) is 82.5 Å². The van der Waals surface area contributed by atoms with Crippen LogP contribution in [0.3, 0.4) is 0 Å². The van der Waals surface area contributed by atoms with Gasteiger partial charge in [0.05, 0.1) is 16.9 Å². The Kier molecular flexibility index (Phi) is 7.63. The Balaban J connectivity index is 1.64. The van der Waals surface area contributed by atoms with E-state index in [1.54, 1.807) is 17.1 Å². The highest BCUT2D eigenvalue weighted by molar-refractivity contribution is 7.09. The van der Waals surface area contributed by atoms with E-state index in [0.717, 1.165) is 4.88 Å². The smallest absolute Gasteiger partial charge is 0.264 e. The largest absolute Gasteiger partial charge is 0.381 e. The van der Waals surface area contributed by atoms with Gasteiger partial charge in [0.15, 0.2) is 11.6 Å². The van der Waals surface area contributed by atoms with Gasteiger partial charge in [-0.1, -0.05) is 48.9 Å². The summed E-state index contributed by atoms with van der Waals surface area (Å²) >= 11 is 1.52. The maximum absolute atomic E-state index is 14.2. The molecule has 204 valence electrons. The van der Waals surface area contributed by atoms with Gasteiger partial charge >= 0.3 is 0 Å². The van der Waals surface area contributed by atoms with E-state index >= 15 is 0 Å². The lowest BCUT2D eigenvalue weighted by Gasteiger charge is -2.21. The number of carbonyl (C=O) groups is 1. The number of nitrogens with zero attached hydrogens (tertiary/aromatic N) is 5. The molecule has 0 radical (unpaired) electrons. The van der Waals surface area contributed by atoms with Crippen molar-refractivity contribution < 1.29 is 4.79 Å². The number of allylic oxidation sites excluding steroid dienone is 1. The summed E-state index contributed by atoms with van der Waals surface area (Å²) in [5.41, 5.74) is 10.2. The molecule has 41 heavy (non-hydrogen) atoms. The van der Waals surface area contributed by atoms with Crippen molar-refractivity contribution in [1.82, 2.24) is 24.6 Å². The molecule has 10 heteroatoms. The van der Waals surface area contributed by atoms with Crippen LogP contribution in [0.1, 0.15) is 45.2 Å². The summed E-state index contributed by atoms with van der Waals surface area (Å²) in [6.07, 6.45) is 2.96. The molecule has 3 heterocycles. The number of para-hydroxylation sites is 1. The van der Waals surface area contributed by atoms with Gasteiger partial charge in [0.25, 0.3) is 11.5 Å². The van der Waals surface area contributed by atoms with Crippen LogP contribution in [0.4, 0.5) is 11.6 Å². The Morgan fingerprint density at radius 1 is 1.20 bits per heavy atom. The summed E-state index contributed by atoms with van der Waals surface area (Å²) in [6.45, 7) is 7.40. The molecule has 5 aromatic rings. The number of aromatic nitrogens is 4. The quantitative estimate of drug-likeness (QED) is 0.227. The van der Waals surface area contributed by atoms with Gasteiger partial charge in [0, 0.05) is 35.1 Å². The number of hydrogen-bond donors (Lipinski definition) is 2. The fourth-order valence-corrected chi connectivity index (χ4v) is 5.10. The van der Waals surface area contributed by atoms with Crippen molar-refractivity contribution in [2.75, 3.05) is 5.73 Å². The van der Waals surface area contributed by atoms with E-state index in [2.05, 4.69) is 38.8 Å². The van der Waals surface area contributed by atoms with Gasteiger partial charge in [-0.15, -0.1) is 11.3 Å². The average molecular weight is 562 g/mol. The summed E-state index contributed by atoms with van der Waals surface area (Å²) in [5, 5.41) is 8.32. The van der Waals surface area contributed by atoms with Crippen molar-refractivity contribution in [2.45, 2.75) is 19.9 Å². The molecule has 0 fully saturated rings. The molecule has 2 aromatic carbocycles. The number of nitrogens with two attached hydrogens (primary N) is 1. The highest BCUT2D eigenvalue weighted by Gasteiger charge is 2.24. The number of amides is 1. The summed E-state index contributed by atoms with van der Waals surface area (Å²) in [6, 6.07) is 16.1. The van der Waals surface area contributed by atoms with Crippen molar-refractivity contribution in [3.05, 3.63) is 111 Å². The zero-order chi connectivity index (χ0) is 29.1. The van der Waals surface area contributed by atoms with Crippen LogP contribution in [-0.2, 0) is 7.05 Å². The fraction of sp³-hybridized carbons (Fsp3) is 0.129. The molecule has 0 aliphatic carbocycles. The molecule has 0 saturated carbocycles. The first-order valence-corrected chi connectivity index (χ1v) is 13.6. The highest BCUT2D eigenvalue weighted by Crippen LogP contribution is 2.27. The second-order valence-electron chi connectivity index (χ2n) is 9.24. The fourth-order valence-electron chi connectivity index (χ4n) is 4.57. The minimum absolute atomic E-state index is 0.0472. The summed E-state index contributed by atoms with van der Waals surface area (Å²) in [5.74, 6) is 6.13. The second-order valence-corrected chi connectivity index (χ2v) is 10.3. The number of aryl methyl sites for hydroxylation is 2. The molecule has 1 amide bonds.